The monoisotopic (exact) mass is 383 g/mol. The predicted molar refractivity (Wildman–Crippen MR) is 107 cm³/mol. The van der Waals surface area contributed by atoms with E-state index in [2.05, 4.69) is 10.2 Å². The van der Waals surface area contributed by atoms with Crippen molar-refractivity contribution in [2.45, 2.75) is 31.8 Å². The van der Waals surface area contributed by atoms with Gasteiger partial charge >= 0.3 is 0 Å². The third-order valence-electron chi connectivity index (χ3n) is 5.42. The molecule has 2 amide bonds. The average Bonchev–Trinajstić information content (AvgIpc) is 2.71. The van der Waals surface area contributed by atoms with Gasteiger partial charge in [-0.2, -0.15) is 0 Å². The van der Waals surface area contributed by atoms with E-state index >= 15 is 0 Å². The predicted octanol–water partition coefficient (Wildman–Crippen LogP) is 3.61. The first-order chi connectivity index (χ1) is 13.1. The van der Waals surface area contributed by atoms with Gasteiger partial charge in [-0.3, -0.25) is 9.59 Å². The van der Waals surface area contributed by atoms with Crippen LogP contribution in [0.25, 0.3) is 0 Å². The minimum absolute atomic E-state index is 0.0730. The molecule has 2 heterocycles. The van der Waals surface area contributed by atoms with Crippen molar-refractivity contribution in [3.05, 3.63) is 58.6 Å². The lowest BCUT2D eigenvalue weighted by Crippen LogP contribution is -2.54. The molecular weight excluding hydrogens is 362 g/mol. The van der Waals surface area contributed by atoms with Crippen LogP contribution in [0, 0.1) is 0 Å². The van der Waals surface area contributed by atoms with Crippen LogP contribution in [0.4, 0.5) is 11.4 Å². The van der Waals surface area contributed by atoms with Crippen LogP contribution in [0.15, 0.2) is 42.5 Å². The number of nitrogens with one attached hydrogen (secondary N) is 1. The highest BCUT2D eigenvalue weighted by Gasteiger charge is 2.37. The average molecular weight is 384 g/mol. The van der Waals surface area contributed by atoms with Crippen molar-refractivity contribution in [2.75, 3.05) is 23.4 Å². The zero-order valence-corrected chi connectivity index (χ0v) is 16.0. The van der Waals surface area contributed by atoms with Crippen molar-refractivity contribution in [3.63, 3.8) is 0 Å². The molecule has 0 aliphatic carbocycles. The summed E-state index contributed by atoms with van der Waals surface area (Å²) in [4.78, 5) is 29.2. The second-order valence-corrected chi connectivity index (χ2v) is 7.49. The number of halogens is 1. The molecule has 5 nitrogen and oxygen atoms in total. The fourth-order valence-corrected chi connectivity index (χ4v) is 4.12. The van der Waals surface area contributed by atoms with Gasteiger partial charge in [0.15, 0.2) is 0 Å². The molecule has 1 N–H and O–H groups in total. The highest BCUT2D eigenvalue weighted by atomic mass is 35.5. The highest BCUT2D eigenvalue weighted by Crippen LogP contribution is 2.39. The third-order valence-corrected chi connectivity index (χ3v) is 5.79. The lowest BCUT2D eigenvalue weighted by atomic mass is 9.96. The number of fused-ring (bicyclic) bond motifs is 3. The minimum atomic E-state index is -0.181. The fourth-order valence-electron chi connectivity index (χ4n) is 3.91. The Bertz CT molecular complexity index is 899. The Labute approximate surface area is 163 Å². The first kappa shape index (κ1) is 17.9. The van der Waals surface area contributed by atoms with E-state index in [-0.39, 0.29) is 17.9 Å². The Kier molecular flexibility index (Phi) is 4.79. The largest absolute Gasteiger partial charge is 0.358 e. The summed E-state index contributed by atoms with van der Waals surface area (Å²) < 4.78 is 0. The molecule has 0 bridgehead atoms. The van der Waals surface area contributed by atoms with Gasteiger partial charge in [0.2, 0.25) is 5.91 Å². The smallest absolute Gasteiger partial charge is 0.251 e. The molecule has 0 spiro atoms. The van der Waals surface area contributed by atoms with Gasteiger partial charge < -0.3 is 15.1 Å². The number of rotatable bonds is 3. The maximum atomic E-state index is 12.7. The van der Waals surface area contributed by atoms with Crippen LogP contribution in [0.5, 0.6) is 0 Å². The van der Waals surface area contributed by atoms with E-state index in [9.17, 15) is 9.59 Å². The second kappa shape index (κ2) is 7.24. The molecule has 1 fully saturated rings. The fraction of sp³-hybridized carbons (Fsp3) is 0.333. The summed E-state index contributed by atoms with van der Waals surface area (Å²) in [6.07, 6.45) is 3.06. The van der Waals surface area contributed by atoms with Crippen molar-refractivity contribution in [2.24, 2.45) is 0 Å². The number of likely N-dealkylation sites (N-methyl/N-ethyl adjacent to an activating group) is 1. The number of piperidine rings is 1. The summed E-state index contributed by atoms with van der Waals surface area (Å²) in [6, 6.07) is 13.0. The number of carbonyl (C=O) groups excluding carboxylic acids is 2. The lowest BCUT2D eigenvalue weighted by Gasteiger charge is -2.44. The zero-order valence-electron chi connectivity index (χ0n) is 15.2. The molecule has 27 heavy (non-hydrogen) atoms. The van der Waals surface area contributed by atoms with Crippen LogP contribution in [0.1, 0.15) is 35.2 Å². The molecule has 2 aromatic carbocycles. The van der Waals surface area contributed by atoms with Gasteiger partial charge in [0.05, 0.1) is 11.4 Å². The SMILES string of the molecule is CN1C(=O)[C@H]2CCCCN2c2ccc(C(=O)NCc3ccccc3Cl)cc21. The van der Waals surface area contributed by atoms with Gasteiger partial charge in [0.25, 0.3) is 5.91 Å². The molecule has 4 rings (SSSR count). The molecule has 6 heteroatoms. The van der Waals surface area contributed by atoms with E-state index in [4.69, 9.17) is 11.6 Å². The first-order valence-corrected chi connectivity index (χ1v) is 9.64. The lowest BCUT2D eigenvalue weighted by molar-refractivity contribution is -0.120. The summed E-state index contributed by atoms with van der Waals surface area (Å²) >= 11 is 6.15. The minimum Gasteiger partial charge on any atom is -0.358 e. The first-order valence-electron chi connectivity index (χ1n) is 9.26. The summed E-state index contributed by atoms with van der Waals surface area (Å²) in [6.45, 7) is 1.24. The van der Waals surface area contributed by atoms with Crippen molar-refractivity contribution >= 4 is 34.8 Å². The highest BCUT2D eigenvalue weighted by molar-refractivity contribution is 6.31. The van der Waals surface area contributed by atoms with Crippen molar-refractivity contribution in [3.8, 4) is 0 Å². The molecule has 2 aromatic rings. The standard InChI is InChI=1S/C21H22ClN3O2/c1-24-19-12-14(20(26)23-13-15-6-2-3-7-16(15)22)9-10-17(19)25-11-5-4-8-18(25)21(24)27/h2-3,6-7,9-10,12,18H,4-5,8,11,13H2,1H3,(H,23,26)/t18-/m1/s1. The summed E-state index contributed by atoms with van der Waals surface area (Å²) in [7, 11) is 1.79. The van der Waals surface area contributed by atoms with Crippen LogP contribution < -0.4 is 15.1 Å². The quantitative estimate of drug-likeness (QED) is 0.880. The number of hydrogen-bond donors (Lipinski definition) is 1. The molecule has 140 valence electrons. The van der Waals surface area contributed by atoms with E-state index < -0.39 is 0 Å². The molecule has 0 radical (unpaired) electrons. The Morgan fingerprint density at radius 2 is 2.00 bits per heavy atom. The zero-order chi connectivity index (χ0) is 19.0. The second-order valence-electron chi connectivity index (χ2n) is 7.08. The van der Waals surface area contributed by atoms with E-state index in [1.54, 1.807) is 24.1 Å². The van der Waals surface area contributed by atoms with Crippen LogP contribution in [-0.2, 0) is 11.3 Å². The Morgan fingerprint density at radius 1 is 1.19 bits per heavy atom. The molecule has 0 unspecified atom stereocenters. The summed E-state index contributed by atoms with van der Waals surface area (Å²) in [5.74, 6) is -0.0739. The summed E-state index contributed by atoms with van der Waals surface area (Å²) in [5.41, 5.74) is 3.23. The third kappa shape index (κ3) is 3.28. The van der Waals surface area contributed by atoms with Gasteiger partial charge in [-0.25, -0.2) is 0 Å². The molecule has 0 aromatic heterocycles. The van der Waals surface area contributed by atoms with Gasteiger partial charge in [0.1, 0.15) is 6.04 Å². The van der Waals surface area contributed by atoms with Gasteiger partial charge in [-0.05, 0) is 49.1 Å². The number of carbonyl (C=O) groups is 2. The van der Waals surface area contributed by atoms with Gasteiger partial charge in [0, 0.05) is 30.7 Å². The Hall–Kier alpha value is -2.53. The summed E-state index contributed by atoms with van der Waals surface area (Å²) in [5, 5.41) is 3.53. The van der Waals surface area contributed by atoms with Crippen molar-refractivity contribution in [1.82, 2.24) is 5.32 Å². The number of amides is 2. The molecule has 2 aliphatic rings. The molecule has 1 atom stereocenters. The number of anilines is 2. The molecule has 0 saturated carbocycles. The molecule has 2 aliphatic heterocycles. The van der Waals surface area contributed by atoms with Crippen LogP contribution in [0.3, 0.4) is 0 Å². The van der Waals surface area contributed by atoms with Gasteiger partial charge in [-0.1, -0.05) is 29.8 Å². The van der Waals surface area contributed by atoms with E-state index in [1.807, 2.05) is 30.3 Å². The van der Waals surface area contributed by atoms with Crippen LogP contribution in [-0.4, -0.2) is 31.4 Å². The van der Waals surface area contributed by atoms with E-state index in [0.717, 1.165) is 42.7 Å². The molecule has 1 saturated heterocycles. The van der Waals surface area contributed by atoms with Gasteiger partial charge in [-0.15, -0.1) is 0 Å². The maximum Gasteiger partial charge on any atom is 0.251 e. The van der Waals surface area contributed by atoms with E-state index in [1.165, 1.54) is 0 Å². The number of nitrogens with zero attached hydrogens (tertiary/aromatic N) is 2. The van der Waals surface area contributed by atoms with Crippen molar-refractivity contribution < 1.29 is 9.59 Å². The maximum absolute atomic E-state index is 12.7. The Morgan fingerprint density at radius 3 is 2.81 bits per heavy atom. The topological polar surface area (TPSA) is 52.7 Å². The van der Waals surface area contributed by atoms with Crippen LogP contribution in [0.2, 0.25) is 5.02 Å². The number of hydrogen-bond acceptors (Lipinski definition) is 3. The molecular formula is C21H22ClN3O2. The van der Waals surface area contributed by atoms with Crippen LogP contribution >= 0.6 is 11.6 Å². The van der Waals surface area contributed by atoms with E-state index in [0.29, 0.717) is 17.1 Å². The number of benzene rings is 2. The normalized spacial score (nSPS) is 18.7. The van der Waals surface area contributed by atoms with Crippen molar-refractivity contribution in [1.29, 1.82) is 0 Å². The Balaban J connectivity index is 1.56.